The van der Waals surface area contributed by atoms with Crippen molar-refractivity contribution < 1.29 is 4.74 Å². The minimum absolute atomic E-state index is 0.0119. The van der Waals surface area contributed by atoms with E-state index in [0.717, 1.165) is 30.0 Å². The molecule has 0 saturated carbocycles. The summed E-state index contributed by atoms with van der Waals surface area (Å²) in [6.45, 7) is 2.00. The third-order valence-corrected chi connectivity index (χ3v) is 3.69. The Morgan fingerprint density at radius 3 is 2.95 bits per heavy atom. The molecule has 1 aromatic heterocycles. The molecule has 3 rings (SSSR count). The number of nitrogens with two attached hydrogens (primary N) is 1. The van der Waals surface area contributed by atoms with E-state index in [1.165, 1.54) is 5.56 Å². The maximum absolute atomic E-state index is 6.30. The minimum atomic E-state index is -0.0119. The topological polar surface area (TPSA) is 53.1 Å². The first-order valence-electron chi connectivity index (χ1n) is 6.63. The smallest absolute Gasteiger partial charge is 0.123 e. The summed E-state index contributed by atoms with van der Waals surface area (Å²) < 4.78 is 7.83. The number of ether oxygens (including phenoxy) is 1. The molecule has 0 spiro atoms. The van der Waals surface area contributed by atoms with Crippen LogP contribution >= 0.6 is 0 Å². The van der Waals surface area contributed by atoms with Gasteiger partial charge in [0.15, 0.2) is 0 Å². The molecule has 0 radical (unpaired) electrons. The van der Waals surface area contributed by atoms with Crippen molar-refractivity contribution in [3.8, 4) is 5.75 Å². The number of aryl methyl sites for hydroxylation is 2. The molecule has 0 fully saturated rings. The van der Waals surface area contributed by atoms with Crippen molar-refractivity contribution in [1.29, 1.82) is 0 Å². The Kier molecular flexibility index (Phi) is 3.03. The van der Waals surface area contributed by atoms with E-state index in [-0.39, 0.29) is 12.1 Å². The highest BCUT2D eigenvalue weighted by molar-refractivity contribution is 5.37. The number of aromatic nitrogens is 2. The monoisotopic (exact) mass is 257 g/mol. The van der Waals surface area contributed by atoms with E-state index in [2.05, 4.69) is 17.2 Å². The van der Waals surface area contributed by atoms with Crippen LogP contribution in [0.15, 0.2) is 30.3 Å². The van der Waals surface area contributed by atoms with Crippen LogP contribution in [0.2, 0.25) is 0 Å². The predicted molar refractivity (Wildman–Crippen MR) is 74.2 cm³/mol. The van der Waals surface area contributed by atoms with Crippen LogP contribution in [-0.2, 0) is 19.9 Å². The van der Waals surface area contributed by atoms with Gasteiger partial charge in [-0.25, -0.2) is 0 Å². The van der Waals surface area contributed by atoms with Gasteiger partial charge in [0.2, 0.25) is 0 Å². The average molecular weight is 257 g/mol. The predicted octanol–water partition coefficient (Wildman–Crippen LogP) is 1.60. The minimum Gasteiger partial charge on any atom is -0.488 e. The molecule has 0 amide bonds. The lowest BCUT2D eigenvalue weighted by Crippen LogP contribution is -2.40. The Morgan fingerprint density at radius 2 is 2.26 bits per heavy atom. The second-order valence-electron chi connectivity index (χ2n) is 5.24. The molecule has 4 heteroatoms. The standard InChI is InChI=1S/C15H19N3O/c1-10-7-12(18(2)17-10)9-13(16)15-8-11-5-3-4-6-14(11)19-15/h3-7,13,15H,8-9,16H2,1-2H3. The fourth-order valence-electron chi connectivity index (χ4n) is 2.68. The van der Waals surface area contributed by atoms with Crippen LogP contribution in [0.1, 0.15) is 17.0 Å². The molecule has 2 N–H and O–H groups in total. The second-order valence-corrected chi connectivity index (χ2v) is 5.24. The van der Waals surface area contributed by atoms with E-state index in [1.54, 1.807) is 0 Å². The summed E-state index contributed by atoms with van der Waals surface area (Å²) in [5.41, 5.74) is 9.74. The van der Waals surface area contributed by atoms with E-state index >= 15 is 0 Å². The van der Waals surface area contributed by atoms with E-state index in [1.807, 2.05) is 36.9 Å². The second kappa shape index (κ2) is 4.70. The van der Waals surface area contributed by atoms with E-state index in [0.29, 0.717) is 0 Å². The fraction of sp³-hybridized carbons (Fsp3) is 0.400. The summed E-state index contributed by atoms with van der Waals surface area (Å²) >= 11 is 0. The van der Waals surface area contributed by atoms with Crippen molar-refractivity contribution in [3.63, 3.8) is 0 Å². The lowest BCUT2D eigenvalue weighted by Gasteiger charge is -2.19. The average Bonchev–Trinajstić information content (AvgIpc) is 2.93. The highest BCUT2D eigenvalue weighted by Crippen LogP contribution is 2.29. The van der Waals surface area contributed by atoms with Crippen LogP contribution in [-0.4, -0.2) is 21.9 Å². The van der Waals surface area contributed by atoms with Gasteiger partial charge in [-0.2, -0.15) is 5.10 Å². The Morgan fingerprint density at radius 1 is 1.47 bits per heavy atom. The molecule has 1 aliphatic rings. The molecule has 2 heterocycles. The maximum atomic E-state index is 6.30. The zero-order chi connectivity index (χ0) is 13.4. The number of hydrogen-bond donors (Lipinski definition) is 1. The number of para-hydroxylation sites is 1. The molecule has 100 valence electrons. The highest BCUT2D eigenvalue weighted by Gasteiger charge is 2.28. The Balaban J connectivity index is 1.70. The quantitative estimate of drug-likeness (QED) is 0.908. The number of fused-ring (bicyclic) bond motifs is 1. The van der Waals surface area contributed by atoms with Gasteiger partial charge in [0.25, 0.3) is 0 Å². The van der Waals surface area contributed by atoms with Crippen LogP contribution in [0.4, 0.5) is 0 Å². The van der Waals surface area contributed by atoms with Crippen molar-refractivity contribution in [2.24, 2.45) is 12.8 Å². The van der Waals surface area contributed by atoms with Gasteiger partial charge in [-0.05, 0) is 24.6 Å². The van der Waals surface area contributed by atoms with Crippen molar-refractivity contribution in [3.05, 3.63) is 47.3 Å². The zero-order valence-electron chi connectivity index (χ0n) is 11.3. The molecule has 1 aliphatic heterocycles. The first kappa shape index (κ1) is 12.2. The van der Waals surface area contributed by atoms with Gasteiger partial charge in [-0.15, -0.1) is 0 Å². The number of hydrogen-bond acceptors (Lipinski definition) is 3. The fourth-order valence-corrected chi connectivity index (χ4v) is 2.68. The summed E-state index contributed by atoms with van der Waals surface area (Å²) in [6.07, 6.45) is 1.75. The number of nitrogens with zero attached hydrogens (tertiary/aromatic N) is 2. The van der Waals surface area contributed by atoms with Gasteiger partial charge in [-0.3, -0.25) is 4.68 Å². The summed E-state index contributed by atoms with van der Waals surface area (Å²) in [6, 6.07) is 10.2. The SMILES string of the molecule is Cc1cc(CC(N)C2Cc3ccccc3O2)n(C)n1. The molecule has 4 nitrogen and oxygen atoms in total. The van der Waals surface area contributed by atoms with Crippen molar-refractivity contribution in [1.82, 2.24) is 9.78 Å². The summed E-state index contributed by atoms with van der Waals surface area (Å²) in [4.78, 5) is 0. The summed E-state index contributed by atoms with van der Waals surface area (Å²) in [7, 11) is 1.96. The van der Waals surface area contributed by atoms with Gasteiger partial charge >= 0.3 is 0 Å². The molecule has 2 atom stereocenters. The third-order valence-electron chi connectivity index (χ3n) is 3.69. The van der Waals surface area contributed by atoms with Gasteiger partial charge < -0.3 is 10.5 Å². The molecule has 0 aliphatic carbocycles. The first-order chi connectivity index (χ1) is 9.13. The van der Waals surface area contributed by atoms with E-state index in [4.69, 9.17) is 10.5 Å². The Bertz CT molecular complexity index is 566. The molecule has 1 aromatic carbocycles. The molecule has 0 bridgehead atoms. The van der Waals surface area contributed by atoms with Gasteiger partial charge in [-0.1, -0.05) is 18.2 Å². The summed E-state index contributed by atoms with van der Waals surface area (Å²) in [5.74, 6) is 0.976. The lowest BCUT2D eigenvalue weighted by atomic mass is 10.0. The Hall–Kier alpha value is -1.81. The number of rotatable bonds is 3. The van der Waals surface area contributed by atoms with Crippen molar-refractivity contribution in [2.75, 3.05) is 0 Å². The molecule has 0 saturated heterocycles. The van der Waals surface area contributed by atoms with E-state index in [9.17, 15) is 0 Å². The molecule has 2 aromatic rings. The largest absolute Gasteiger partial charge is 0.488 e. The third kappa shape index (κ3) is 2.36. The Labute approximate surface area is 113 Å². The van der Waals surface area contributed by atoms with Gasteiger partial charge in [0, 0.05) is 31.6 Å². The van der Waals surface area contributed by atoms with Crippen LogP contribution in [0.5, 0.6) is 5.75 Å². The van der Waals surface area contributed by atoms with Crippen LogP contribution in [0, 0.1) is 6.92 Å². The van der Waals surface area contributed by atoms with Gasteiger partial charge in [0.1, 0.15) is 11.9 Å². The van der Waals surface area contributed by atoms with Crippen LogP contribution in [0.25, 0.3) is 0 Å². The zero-order valence-corrected chi connectivity index (χ0v) is 11.3. The molecular formula is C15H19N3O. The maximum Gasteiger partial charge on any atom is 0.123 e. The van der Waals surface area contributed by atoms with Crippen LogP contribution < -0.4 is 10.5 Å². The van der Waals surface area contributed by atoms with Crippen LogP contribution in [0.3, 0.4) is 0 Å². The van der Waals surface area contributed by atoms with E-state index < -0.39 is 0 Å². The van der Waals surface area contributed by atoms with Crippen molar-refractivity contribution in [2.45, 2.75) is 31.9 Å². The molecular weight excluding hydrogens is 238 g/mol. The highest BCUT2D eigenvalue weighted by atomic mass is 16.5. The summed E-state index contributed by atoms with van der Waals surface area (Å²) in [5, 5.41) is 4.35. The first-order valence-corrected chi connectivity index (χ1v) is 6.63. The van der Waals surface area contributed by atoms with Crippen molar-refractivity contribution >= 4 is 0 Å². The lowest BCUT2D eigenvalue weighted by molar-refractivity contribution is 0.197. The molecule has 19 heavy (non-hydrogen) atoms. The normalized spacial score (nSPS) is 19.0. The molecule has 2 unspecified atom stereocenters. The number of benzene rings is 1. The van der Waals surface area contributed by atoms with Gasteiger partial charge in [0.05, 0.1) is 5.69 Å².